The molecule has 0 aromatic carbocycles. The Morgan fingerprint density at radius 2 is 2.22 bits per heavy atom. The fourth-order valence-corrected chi connectivity index (χ4v) is 3.99. The predicted molar refractivity (Wildman–Crippen MR) is 94.7 cm³/mol. The van der Waals surface area contributed by atoms with Gasteiger partial charge in [0.15, 0.2) is 0 Å². The summed E-state index contributed by atoms with van der Waals surface area (Å²) in [5, 5.41) is 6.82. The zero-order valence-corrected chi connectivity index (χ0v) is 15.3. The molecule has 2 amide bonds. The molecule has 4 heterocycles. The molecule has 8 nitrogen and oxygen atoms in total. The first-order valence-corrected chi connectivity index (χ1v) is 9.08. The summed E-state index contributed by atoms with van der Waals surface area (Å²) in [5.74, 6) is -0.143. The lowest BCUT2D eigenvalue weighted by molar-refractivity contribution is -0.127. The Morgan fingerprint density at radius 1 is 1.37 bits per heavy atom. The number of hydrogen-bond donors (Lipinski definition) is 1. The second-order valence-corrected chi connectivity index (χ2v) is 7.03. The Hall–Kier alpha value is -2.74. The van der Waals surface area contributed by atoms with Crippen molar-refractivity contribution in [3.63, 3.8) is 0 Å². The number of aryl methyl sites for hydroxylation is 2. The van der Waals surface area contributed by atoms with Crippen molar-refractivity contribution >= 4 is 11.8 Å². The fraction of sp³-hybridized carbons (Fsp3) is 0.474. The summed E-state index contributed by atoms with van der Waals surface area (Å²) in [7, 11) is 0. The first kappa shape index (κ1) is 17.7. The molecule has 142 valence electrons. The molecule has 3 atom stereocenters. The summed E-state index contributed by atoms with van der Waals surface area (Å²) in [6.07, 6.45) is 3.86. The molecule has 0 aliphatic carbocycles. The van der Waals surface area contributed by atoms with Crippen LogP contribution in [-0.2, 0) is 16.1 Å². The molecule has 4 rings (SSSR count). The molecule has 0 unspecified atom stereocenters. The van der Waals surface area contributed by atoms with Crippen molar-refractivity contribution in [2.45, 2.75) is 39.0 Å². The van der Waals surface area contributed by atoms with Gasteiger partial charge in [-0.3, -0.25) is 14.6 Å². The third kappa shape index (κ3) is 3.21. The molecule has 2 aromatic rings. The number of nitrogens with zero attached hydrogens (tertiary/aromatic N) is 3. The van der Waals surface area contributed by atoms with Crippen molar-refractivity contribution in [1.82, 2.24) is 20.4 Å². The predicted octanol–water partition coefficient (Wildman–Crippen LogP) is 1.23. The van der Waals surface area contributed by atoms with E-state index in [0.717, 1.165) is 12.0 Å². The molecular formula is C19H22N4O4. The van der Waals surface area contributed by atoms with Gasteiger partial charge < -0.3 is 19.5 Å². The Kier molecular flexibility index (Phi) is 4.65. The van der Waals surface area contributed by atoms with Gasteiger partial charge in [-0.05, 0) is 31.9 Å². The number of amides is 2. The Labute approximate surface area is 156 Å². The number of ether oxygens (including phenoxy) is 1. The van der Waals surface area contributed by atoms with Crippen LogP contribution < -0.4 is 5.32 Å². The minimum Gasteiger partial charge on any atom is -0.375 e. The molecule has 0 radical (unpaired) electrons. The summed E-state index contributed by atoms with van der Waals surface area (Å²) >= 11 is 0. The quantitative estimate of drug-likeness (QED) is 0.869. The van der Waals surface area contributed by atoms with Crippen LogP contribution in [0.15, 0.2) is 29.0 Å². The number of carbonyl (C=O) groups is 2. The lowest BCUT2D eigenvalue weighted by atomic mass is 10.0. The van der Waals surface area contributed by atoms with Crippen LogP contribution in [0.3, 0.4) is 0 Å². The number of likely N-dealkylation sites (tertiary alicyclic amines) is 1. The van der Waals surface area contributed by atoms with Crippen LogP contribution in [-0.4, -0.2) is 52.2 Å². The van der Waals surface area contributed by atoms with E-state index in [0.29, 0.717) is 36.7 Å². The normalized spacial score (nSPS) is 24.1. The molecule has 1 N–H and O–H groups in total. The number of pyridine rings is 1. The maximum Gasteiger partial charge on any atom is 0.259 e. The van der Waals surface area contributed by atoms with Gasteiger partial charge in [-0.15, -0.1) is 0 Å². The Balaban J connectivity index is 1.49. The minimum absolute atomic E-state index is 0.0969. The molecule has 2 aliphatic rings. The van der Waals surface area contributed by atoms with Crippen LogP contribution in [0.25, 0.3) is 0 Å². The molecular weight excluding hydrogens is 348 g/mol. The van der Waals surface area contributed by atoms with E-state index in [1.165, 1.54) is 0 Å². The monoisotopic (exact) mass is 370 g/mol. The minimum atomic E-state index is -0.390. The van der Waals surface area contributed by atoms with E-state index in [9.17, 15) is 9.59 Å². The van der Waals surface area contributed by atoms with Gasteiger partial charge in [0.05, 0.1) is 23.8 Å². The van der Waals surface area contributed by atoms with Gasteiger partial charge in [0, 0.05) is 32.1 Å². The standard InChI is InChI=1S/C19H22N4O4/c1-11-16(12(2)27-22-11)19(25)23-10-14(17-15(23)5-7-26-17)18(24)21-9-13-4-3-6-20-8-13/h3-4,6,8,14-15,17H,5,7,9-10H2,1-2H3,(H,21,24)/t14-,15-,17-/m0/s1. The summed E-state index contributed by atoms with van der Waals surface area (Å²) in [6, 6.07) is 3.64. The highest BCUT2D eigenvalue weighted by molar-refractivity contribution is 5.97. The number of aromatic nitrogens is 2. The molecule has 2 aliphatic heterocycles. The summed E-state index contributed by atoms with van der Waals surface area (Å²) in [4.78, 5) is 31.6. The molecule has 0 spiro atoms. The van der Waals surface area contributed by atoms with E-state index in [2.05, 4.69) is 15.5 Å². The van der Waals surface area contributed by atoms with Crippen molar-refractivity contribution in [1.29, 1.82) is 0 Å². The smallest absolute Gasteiger partial charge is 0.259 e. The SMILES string of the molecule is Cc1noc(C)c1C(=O)N1C[C@H](C(=O)NCc2cccnc2)[C@@H]2OCC[C@@H]21. The van der Waals surface area contributed by atoms with Crippen LogP contribution in [0.2, 0.25) is 0 Å². The number of carbonyl (C=O) groups excluding carboxylic acids is 2. The van der Waals surface area contributed by atoms with Crippen LogP contribution in [0.4, 0.5) is 0 Å². The molecule has 2 fully saturated rings. The Morgan fingerprint density at radius 3 is 2.93 bits per heavy atom. The van der Waals surface area contributed by atoms with Crippen LogP contribution >= 0.6 is 0 Å². The molecule has 0 saturated carbocycles. The van der Waals surface area contributed by atoms with Crippen molar-refractivity contribution in [2.75, 3.05) is 13.2 Å². The van der Waals surface area contributed by atoms with E-state index < -0.39 is 5.92 Å². The average Bonchev–Trinajstić information content (AvgIpc) is 3.36. The van der Waals surface area contributed by atoms with Crippen molar-refractivity contribution in [3.8, 4) is 0 Å². The highest BCUT2D eigenvalue weighted by Gasteiger charge is 2.51. The van der Waals surface area contributed by atoms with Gasteiger partial charge in [0.2, 0.25) is 5.91 Å². The molecule has 27 heavy (non-hydrogen) atoms. The molecule has 8 heteroatoms. The summed E-state index contributed by atoms with van der Waals surface area (Å²) in [6.45, 7) is 4.76. The molecule has 2 aromatic heterocycles. The fourth-order valence-electron chi connectivity index (χ4n) is 3.99. The Bertz CT molecular complexity index is 831. The number of nitrogens with one attached hydrogen (secondary N) is 1. The largest absolute Gasteiger partial charge is 0.375 e. The first-order chi connectivity index (χ1) is 13.1. The van der Waals surface area contributed by atoms with Gasteiger partial charge >= 0.3 is 0 Å². The average molecular weight is 370 g/mol. The van der Waals surface area contributed by atoms with Gasteiger partial charge in [-0.1, -0.05) is 11.2 Å². The van der Waals surface area contributed by atoms with E-state index >= 15 is 0 Å². The highest BCUT2D eigenvalue weighted by Crippen LogP contribution is 2.35. The maximum atomic E-state index is 13.1. The van der Waals surface area contributed by atoms with Gasteiger partial charge in [-0.2, -0.15) is 0 Å². The summed E-state index contributed by atoms with van der Waals surface area (Å²) < 4.78 is 11.0. The second-order valence-electron chi connectivity index (χ2n) is 7.03. The molecule has 0 bridgehead atoms. The number of hydrogen-bond acceptors (Lipinski definition) is 6. The zero-order chi connectivity index (χ0) is 19.0. The van der Waals surface area contributed by atoms with Crippen LogP contribution in [0.1, 0.15) is 33.8 Å². The van der Waals surface area contributed by atoms with Gasteiger partial charge in [0.25, 0.3) is 5.91 Å². The maximum absolute atomic E-state index is 13.1. The topological polar surface area (TPSA) is 97.6 Å². The van der Waals surface area contributed by atoms with Gasteiger partial charge in [-0.25, -0.2) is 0 Å². The third-order valence-corrected chi connectivity index (χ3v) is 5.33. The van der Waals surface area contributed by atoms with E-state index in [1.54, 1.807) is 31.1 Å². The molecule has 2 saturated heterocycles. The van der Waals surface area contributed by atoms with Crippen LogP contribution in [0.5, 0.6) is 0 Å². The second kappa shape index (κ2) is 7.11. The highest BCUT2D eigenvalue weighted by atomic mass is 16.5. The summed E-state index contributed by atoms with van der Waals surface area (Å²) in [5.41, 5.74) is 1.98. The van der Waals surface area contributed by atoms with Crippen molar-refractivity contribution in [3.05, 3.63) is 47.1 Å². The van der Waals surface area contributed by atoms with E-state index in [-0.39, 0.29) is 24.0 Å². The third-order valence-electron chi connectivity index (χ3n) is 5.33. The van der Waals surface area contributed by atoms with E-state index in [4.69, 9.17) is 9.26 Å². The van der Waals surface area contributed by atoms with Crippen molar-refractivity contribution in [2.24, 2.45) is 5.92 Å². The lowest BCUT2D eigenvalue weighted by Crippen LogP contribution is -2.37. The lowest BCUT2D eigenvalue weighted by Gasteiger charge is -2.22. The number of fused-ring (bicyclic) bond motifs is 1. The van der Waals surface area contributed by atoms with Crippen molar-refractivity contribution < 1.29 is 18.8 Å². The van der Waals surface area contributed by atoms with Gasteiger partial charge in [0.1, 0.15) is 11.3 Å². The number of rotatable bonds is 4. The van der Waals surface area contributed by atoms with Crippen LogP contribution in [0, 0.1) is 19.8 Å². The van der Waals surface area contributed by atoms with E-state index in [1.807, 2.05) is 12.1 Å². The first-order valence-electron chi connectivity index (χ1n) is 9.08. The zero-order valence-electron chi connectivity index (χ0n) is 15.3.